The van der Waals surface area contributed by atoms with Crippen molar-refractivity contribution in [2.45, 2.75) is 0 Å². The molecule has 0 aliphatic heterocycles. The Hall–Kier alpha value is -3.52. The zero-order valence-corrected chi connectivity index (χ0v) is 16.9. The number of amides is 1. The summed E-state index contributed by atoms with van der Waals surface area (Å²) in [5, 5.41) is 2.78. The molecule has 0 bridgehead atoms. The van der Waals surface area contributed by atoms with Crippen LogP contribution in [0.5, 0.6) is 0 Å². The summed E-state index contributed by atoms with van der Waals surface area (Å²) < 4.78 is 8.36. The summed E-state index contributed by atoms with van der Waals surface area (Å²) in [5.74, 6) is -0.243. The summed E-state index contributed by atoms with van der Waals surface area (Å²) in [6.45, 7) is 3.69. The number of imidazole rings is 1. The molecule has 1 aromatic carbocycles. The Morgan fingerprint density at radius 3 is 2.45 bits per heavy atom. The van der Waals surface area contributed by atoms with Crippen LogP contribution in [0.4, 0.5) is 11.5 Å². The molecule has 0 saturated carbocycles. The van der Waals surface area contributed by atoms with E-state index in [-0.39, 0.29) is 36.6 Å². The van der Waals surface area contributed by atoms with E-state index in [1.165, 1.54) is 6.08 Å². The van der Waals surface area contributed by atoms with Crippen LogP contribution in [0.2, 0.25) is 0 Å². The van der Waals surface area contributed by atoms with E-state index in [1.807, 2.05) is 18.3 Å². The van der Waals surface area contributed by atoms with Crippen molar-refractivity contribution < 1.29 is 14.3 Å². The van der Waals surface area contributed by atoms with E-state index in [9.17, 15) is 9.59 Å². The van der Waals surface area contributed by atoms with Crippen molar-refractivity contribution in [2.75, 3.05) is 17.7 Å². The third kappa shape index (κ3) is 4.85. The topological polar surface area (TPSA) is 104 Å². The number of nitrogens with one attached hydrogen (secondary N) is 1. The van der Waals surface area contributed by atoms with Crippen LogP contribution in [0.1, 0.15) is 21.1 Å². The third-order valence-corrected chi connectivity index (χ3v) is 4.12. The largest absolute Gasteiger partial charge is 0.457 e. The van der Waals surface area contributed by atoms with Gasteiger partial charge in [0.1, 0.15) is 18.1 Å². The Balaban J connectivity index is 0.00000300. The first-order chi connectivity index (χ1) is 13.4. The van der Waals surface area contributed by atoms with Gasteiger partial charge in [-0.1, -0.05) is 24.8 Å². The highest BCUT2D eigenvalue weighted by Crippen LogP contribution is 2.24. The minimum absolute atomic E-state index is 0. The third-order valence-electron chi connectivity index (χ3n) is 4.12. The molecule has 3 rings (SSSR count). The zero-order valence-electron chi connectivity index (χ0n) is 16.1. The number of ether oxygens (including phenoxy) is 1. The molecule has 3 N–H and O–H groups in total. The quantitative estimate of drug-likeness (QED) is 0.475. The molecule has 2 heterocycles. The van der Waals surface area contributed by atoms with Crippen LogP contribution in [-0.4, -0.2) is 32.6 Å². The van der Waals surface area contributed by atoms with Gasteiger partial charge in [-0.2, -0.15) is 0 Å². The lowest BCUT2D eigenvalue weighted by Crippen LogP contribution is -2.16. The molecule has 3 aromatic rings. The van der Waals surface area contributed by atoms with Crippen molar-refractivity contribution in [2.24, 2.45) is 14.1 Å². The number of hydrogen-bond donors (Lipinski definition) is 2. The molecule has 0 aliphatic carbocycles. The molecule has 0 fully saturated rings. The summed E-state index contributed by atoms with van der Waals surface area (Å²) >= 11 is 0. The Kier molecular flexibility index (Phi) is 6.84. The van der Waals surface area contributed by atoms with Gasteiger partial charge in [-0.15, -0.1) is 12.4 Å². The highest BCUT2D eigenvalue weighted by atomic mass is 35.5. The van der Waals surface area contributed by atoms with Crippen molar-refractivity contribution in [1.29, 1.82) is 0 Å². The summed E-state index contributed by atoms with van der Waals surface area (Å²) in [5.41, 5.74) is 8.44. The minimum atomic E-state index is -0.410. The summed E-state index contributed by atoms with van der Waals surface area (Å²) in [6, 6.07) is 9.04. The molecule has 0 spiro atoms. The molecule has 0 radical (unpaired) electrons. The number of hydrogen-bond acceptors (Lipinski definition) is 5. The second-order valence-electron chi connectivity index (χ2n) is 6.24. The maximum absolute atomic E-state index is 12.3. The number of benzene rings is 1. The van der Waals surface area contributed by atoms with E-state index in [0.717, 1.165) is 11.1 Å². The number of aromatic nitrogens is 3. The Morgan fingerprint density at radius 2 is 1.86 bits per heavy atom. The van der Waals surface area contributed by atoms with Crippen LogP contribution >= 0.6 is 12.4 Å². The number of aryl methyl sites for hydroxylation is 2. The number of anilines is 2. The first kappa shape index (κ1) is 21.8. The van der Waals surface area contributed by atoms with Gasteiger partial charge in [-0.05, 0) is 23.8 Å². The van der Waals surface area contributed by atoms with Crippen LogP contribution in [0.15, 0.2) is 55.4 Å². The van der Waals surface area contributed by atoms with Crippen molar-refractivity contribution in [3.8, 4) is 11.1 Å². The Bertz CT molecular complexity index is 1040. The lowest BCUT2D eigenvalue weighted by Gasteiger charge is -2.06. The number of carbonyl (C=O) groups excluding carboxylic acids is 2. The fourth-order valence-electron chi connectivity index (χ4n) is 2.77. The van der Waals surface area contributed by atoms with E-state index in [0.29, 0.717) is 11.4 Å². The van der Waals surface area contributed by atoms with Crippen LogP contribution in [0, 0.1) is 0 Å². The number of esters is 1. The van der Waals surface area contributed by atoms with Gasteiger partial charge in [0.25, 0.3) is 5.91 Å². The molecule has 152 valence electrons. The Labute approximate surface area is 174 Å². The highest BCUT2D eigenvalue weighted by molar-refractivity contribution is 6.02. The van der Waals surface area contributed by atoms with Crippen molar-refractivity contribution in [3.63, 3.8) is 0 Å². The molecule has 0 aliphatic rings. The first-order valence-corrected chi connectivity index (χ1v) is 8.54. The van der Waals surface area contributed by atoms with Gasteiger partial charge >= 0.3 is 5.97 Å². The van der Waals surface area contributed by atoms with E-state index in [1.54, 1.807) is 47.6 Å². The number of nitrogen functional groups attached to an aromatic ring is 1. The fraction of sp³-hybridized carbons (Fsp3) is 0.150. The number of nitrogens with two attached hydrogens (primary N) is 1. The lowest BCUT2D eigenvalue weighted by atomic mass is 10.1. The van der Waals surface area contributed by atoms with E-state index in [2.05, 4.69) is 16.9 Å². The summed E-state index contributed by atoms with van der Waals surface area (Å²) in [7, 11) is 3.48. The number of carbonyl (C=O) groups is 2. The maximum atomic E-state index is 12.3. The maximum Gasteiger partial charge on any atom is 0.355 e. The molecular formula is C20H22ClN5O3. The van der Waals surface area contributed by atoms with Gasteiger partial charge in [-0.25, -0.2) is 9.78 Å². The summed E-state index contributed by atoms with van der Waals surface area (Å²) in [6.07, 6.45) is 4.94. The SMILES string of the molecule is C=CCOC(=O)c1cc(-c2ccc(NC(=O)c3nc(N)cn3C)cc2)cn1C.Cl. The smallest absolute Gasteiger partial charge is 0.355 e. The average molecular weight is 416 g/mol. The van der Waals surface area contributed by atoms with E-state index < -0.39 is 5.97 Å². The van der Waals surface area contributed by atoms with Crippen LogP contribution in [-0.2, 0) is 18.8 Å². The molecule has 0 atom stereocenters. The summed E-state index contributed by atoms with van der Waals surface area (Å²) in [4.78, 5) is 28.4. The van der Waals surface area contributed by atoms with E-state index >= 15 is 0 Å². The number of nitrogens with zero attached hydrogens (tertiary/aromatic N) is 3. The molecule has 0 unspecified atom stereocenters. The Morgan fingerprint density at radius 1 is 1.17 bits per heavy atom. The predicted octanol–water partition coefficient (Wildman–Crippen LogP) is 3.02. The van der Waals surface area contributed by atoms with Crippen LogP contribution in [0.3, 0.4) is 0 Å². The van der Waals surface area contributed by atoms with Crippen LogP contribution < -0.4 is 11.1 Å². The normalized spacial score (nSPS) is 10.1. The monoisotopic (exact) mass is 415 g/mol. The van der Waals surface area contributed by atoms with Crippen molar-refractivity contribution >= 4 is 35.8 Å². The van der Waals surface area contributed by atoms with Gasteiger partial charge in [0.2, 0.25) is 5.82 Å². The molecule has 2 aromatic heterocycles. The standard InChI is InChI=1S/C20H21N5O3.ClH/c1-4-9-28-20(27)16-10-14(11-24(16)2)13-5-7-15(8-6-13)22-19(26)18-23-17(21)12-25(18)3;/h4-8,10-12H,1,9,21H2,2-3H3,(H,22,26);1H. The van der Waals surface area contributed by atoms with Gasteiger partial charge in [0, 0.05) is 37.7 Å². The second kappa shape index (κ2) is 9.11. The molecule has 0 saturated heterocycles. The minimum Gasteiger partial charge on any atom is -0.457 e. The first-order valence-electron chi connectivity index (χ1n) is 8.54. The van der Waals surface area contributed by atoms with Crippen molar-refractivity contribution in [3.05, 3.63) is 66.9 Å². The second-order valence-corrected chi connectivity index (χ2v) is 6.24. The van der Waals surface area contributed by atoms with Gasteiger partial charge in [0.05, 0.1) is 0 Å². The molecule has 9 heteroatoms. The molecule has 1 amide bonds. The van der Waals surface area contributed by atoms with Gasteiger partial charge in [0.15, 0.2) is 0 Å². The average Bonchev–Trinajstić information content (AvgIpc) is 3.22. The van der Waals surface area contributed by atoms with Gasteiger partial charge < -0.3 is 24.9 Å². The van der Waals surface area contributed by atoms with Gasteiger partial charge in [-0.3, -0.25) is 4.79 Å². The molecule has 29 heavy (non-hydrogen) atoms. The highest BCUT2D eigenvalue weighted by Gasteiger charge is 2.15. The number of halogens is 1. The molecular weight excluding hydrogens is 394 g/mol. The fourth-order valence-corrected chi connectivity index (χ4v) is 2.77. The van der Waals surface area contributed by atoms with E-state index in [4.69, 9.17) is 10.5 Å². The molecule has 8 nitrogen and oxygen atoms in total. The zero-order chi connectivity index (χ0) is 20.3. The lowest BCUT2D eigenvalue weighted by molar-refractivity contribution is 0.0538. The predicted molar refractivity (Wildman–Crippen MR) is 114 cm³/mol. The van der Waals surface area contributed by atoms with Crippen LogP contribution in [0.25, 0.3) is 11.1 Å². The van der Waals surface area contributed by atoms with Crippen molar-refractivity contribution in [1.82, 2.24) is 14.1 Å². The number of rotatable bonds is 6.